The summed E-state index contributed by atoms with van der Waals surface area (Å²) in [6, 6.07) is 5.38. The van der Waals surface area contributed by atoms with E-state index in [9.17, 15) is 4.79 Å². The molecule has 25 heavy (non-hydrogen) atoms. The zero-order valence-corrected chi connectivity index (χ0v) is 13.7. The minimum absolute atomic E-state index is 0.208. The largest absolute Gasteiger partial charge is 0.364 e. The molecule has 0 atom stereocenters. The van der Waals surface area contributed by atoms with Gasteiger partial charge in [0.1, 0.15) is 0 Å². The molecule has 1 fully saturated rings. The third-order valence-electron chi connectivity index (χ3n) is 3.78. The lowest BCUT2D eigenvalue weighted by atomic mass is 10.1. The minimum atomic E-state index is 0.208. The molecule has 3 aromatic rings. The molecule has 4 rings (SSSR count). The molecule has 1 aromatic carbocycles. The fraction of sp³-hybridized carbons (Fsp3) is 0.188. The number of carbonyl (C=O) groups excluding carboxylic acids is 1. The summed E-state index contributed by atoms with van der Waals surface area (Å²) in [4.78, 5) is 19.9. The lowest BCUT2D eigenvalue weighted by molar-refractivity contribution is 0.112. The zero-order chi connectivity index (χ0) is 17.4. The first-order chi connectivity index (χ1) is 12.2. The van der Waals surface area contributed by atoms with Gasteiger partial charge in [0.25, 0.3) is 0 Å². The van der Waals surface area contributed by atoms with Gasteiger partial charge in [-0.15, -0.1) is 5.10 Å². The van der Waals surface area contributed by atoms with Crippen molar-refractivity contribution >= 4 is 41.0 Å². The lowest BCUT2D eigenvalue weighted by Gasteiger charge is -2.11. The number of fused-ring (bicyclic) bond motifs is 1. The number of anilines is 3. The molecule has 1 aliphatic rings. The zero-order valence-electron chi connectivity index (χ0n) is 12.9. The van der Waals surface area contributed by atoms with Gasteiger partial charge in [-0.05, 0) is 25.0 Å². The molecule has 0 radical (unpaired) electrons. The molecule has 124 valence electrons. The Morgan fingerprint density at radius 3 is 2.96 bits per heavy atom. The molecule has 0 amide bonds. The maximum Gasteiger partial charge on any atom is 0.247 e. The smallest absolute Gasteiger partial charge is 0.247 e. The number of imidazole rings is 1. The number of nitrogens with one attached hydrogen (secondary N) is 2. The first-order valence-electron chi connectivity index (χ1n) is 7.61. The molecule has 0 saturated heterocycles. The van der Waals surface area contributed by atoms with Crippen LogP contribution in [0, 0.1) is 11.3 Å². The van der Waals surface area contributed by atoms with E-state index in [1.54, 1.807) is 23.0 Å². The second kappa shape index (κ2) is 6.03. The van der Waals surface area contributed by atoms with Crippen molar-refractivity contribution in [3.05, 3.63) is 40.7 Å². The van der Waals surface area contributed by atoms with Crippen molar-refractivity contribution in [2.45, 2.75) is 18.9 Å². The number of nitrogens with zero attached hydrogens (tertiary/aromatic N) is 5. The normalized spacial score (nSPS) is 13.4. The Hall–Kier alpha value is -3.18. The lowest BCUT2D eigenvalue weighted by Crippen LogP contribution is -2.10. The van der Waals surface area contributed by atoms with Crippen LogP contribution in [0.5, 0.6) is 0 Å². The van der Waals surface area contributed by atoms with Crippen LogP contribution in [0.3, 0.4) is 0 Å². The molecule has 1 aliphatic carbocycles. The van der Waals surface area contributed by atoms with Gasteiger partial charge in [0, 0.05) is 24.0 Å². The Morgan fingerprint density at radius 2 is 2.24 bits per heavy atom. The fourth-order valence-electron chi connectivity index (χ4n) is 2.41. The van der Waals surface area contributed by atoms with Crippen molar-refractivity contribution in [2.75, 3.05) is 10.6 Å². The molecular weight excluding hydrogens is 342 g/mol. The van der Waals surface area contributed by atoms with Crippen molar-refractivity contribution in [3.63, 3.8) is 0 Å². The average Bonchev–Trinajstić information content (AvgIpc) is 3.30. The number of hydrogen-bond donors (Lipinski definition) is 2. The third-order valence-corrected chi connectivity index (χ3v) is 4.20. The van der Waals surface area contributed by atoms with Crippen molar-refractivity contribution in [3.8, 4) is 6.07 Å². The monoisotopic (exact) mass is 353 g/mol. The van der Waals surface area contributed by atoms with Crippen LogP contribution in [0.25, 0.3) is 5.65 Å². The minimum Gasteiger partial charge on any atom is -0.364 e. The third kappa shape index (κ3) is 2.97. The fourth-order valence-corrected chi connectivity index (χ4v) is 2.61. The molecule has 2 heterocycles. The van der Waals surface area contributed by atoms with E-state index >= 15 is 0 Å². The summed E-state index contributed by atoms with van der Waals surface area (Å²) in [5, 5.41) is 20.0. The highest BCUT2D eigenvalue weighted by atomic mass is 35.5. The van der Waals surface area contributed by atoms with Crippen LogP contribution in [-0.4, -0.2) is 31.9 Å². The number of halogens is 1. The summed E-state index contributed by atoms with van der Waals surface area (Å²) < 4.78 is 1.60. The number of aldehydes is 1. The quantitative estimate of drug-likeness (QED) is 0.679. The first-order valence-corrected chi connectivity index (χ1v) is 7.99. The molecule has 2 aromatic heterocycles. The number of benzene rings is 1. The Kier molecular flexibility index (Phi) is 3.71. The summed E-state index contributed by atoms with van der Waals surface area (Å²) in [5.41, 5.74) is 1.56. The maximum absolute atomic E-state index is 11.1. The molecule has 0 unspecified atom stereocenters. The van der Waals surface area contributed by atoms with Crippen LogP contribution in [-0.2, 0) is 0 Å². The molecule has 2 N–H and O–H groups in total. The van der Waals surface area contributed by atoms with E-state index < -0.39 is 0 Å². The van der Waals surface area contributed by atoms with E-state index in [4.69, 9.17) is 16.9 Å². The van der Waals surface area contributed by atoms with E-state index in [2.05, 4.69) is 25.7 Å². The van der Waals surface area contributed by atoms with Gasteiger partial charge in [-0.25, -0.2) is 9.50 Å². The van der Waals surface area contributed by atoms with Crippen molar-refractivity contribution in [1.29, 1.82) is 5.26 Å². The summed E-state index contributed by atoms with van der Waals surface area (Å²) in [6.45, 7) is 0. The molecule has 9 heteroatoms. The van der Waals surface area contributed by atoms with E-state index in [1.807, 2.05) is 6.07 Å². The Bertz CT molecular complexity index is 1020. The standard InChI is InChI=1S/C16H12ClN7O/c17-13-10(8-25)5-9(7-18)6-12(13)21-16-22-14(20-11-1-2-11)15-19-3-4-24(15)23-16/h3-6,8,11H,1-2H2,(H2,20,21,22,23). The SMILES string of the molecule is N#Cc1cc(C=O)c(Cl)c(Nc2nc(NC3CC3)c3nccn3n2)c1. The van der Waals surface area contributed by atoms with Crippen LogP contribution >= 0.6 is 11.6 Å². The number of aromatic nitrogens is 4. The van der Waals surface area contributed by atoms with Crippen molar-refractivity contribution < 1.29 is 4.79 Å². The Balaban J connectivity index is 1.75. The Labute approximate surface area is 147 Å². The van der Waals surface area contributed by atoms with E-state index in [0.29, 0.717) is 35.0 Å². The Morgan fingerprint density at radius 1 is 1.40 bits per heavy atom. The second-order valence-electron chi connectivity index (χ2n) is 5.68. The van der Waals surface area contributed by atoms with Crippen LogP contribution in [0.15, 0.2) is 24.5 Å². The van der Waals surface area contributed by atoms with Gasteiger partial charge >= 0.3 is 0 Å². The maximum atomic E-state index is 11.1. The second-order valence-corrected chi connectivity index (χ2v) is 6.06. The van der Waals surface area contributed by atoms with Gasteiger partial charge in [-0.1, -0.05) is 11.6 Å². The summed E-state index contributed by atoms with van der Waals surface area (Å²) in [6.07, 6.45) is 6.15. The summed E-state index contributed by atoms with van der Waals surface area (Å²) in [5.74, 6) is 0.899. The molecule has 0 spiro atoms. The van der Waals surface area contributed by atoms with Gasteiger partial charge in [-0.3, -0.25) is 4.79 Å². The number of nitriles is 1. The highest BCUT2D eigenvalue weighted by Crippen LogP contribution is 2.30. The van der Waals surface area contributed by atoms with Gasteiger partial charge in [0.05, 0.1) is 22.3 Å². The van der Waals surface area contributed by atoms with Crippen molar-refractivity contribution in [1.82, 2.24) is 19.6 Å². The topological polar surface area (TPSA) is 108 Å². The molecule has 8 nitrogen and oxygen atoms in total. The van der Waals surface area contributed by atoms with E-state index in [-0.39, 0.29) is 16.5 Å². The summed E-state index contributed by atoms with van der Waals surface area (Å²) >= 11 is 6.23. The van der Waals surface area contributed by atoms with Gasteiger partial charge in [-0.2, -0.15) is 10.2 Å². The highest BCUT2D eigenvalue weighted by Gasteiger charge is 2.23. The first kappa shape index (κ1) is 15.4. The van der Waals surface area contributed by atoms with Gasteiger partial charge in [0.2, 0.25) is 5.95 Å². The molecule has 1 saturated carbocycles. The number of rotatable bonds is 5. The molecular formula is C16H12ClN7O. The van der Waals surface area contributed by atoms with Crippen molar-refractivity contribution in [2.24, 2.45) is 0 Å². The number of carbonyl (C=O) groups is 1. The molecule has 0 aliphatic heterocycles. The van der Waals surface area contributed by atoms with Crippen LogP contribution < -0.4 is 10.6 Å². The van der Waals surface area contributed by atoms with Crippen LogP contribution in [0.1, 0.15) is 28.8 Å². The highest BCUT2D eigenvalue weighted by molar-refractivity contribution is 6.35. The summed E-state index contributed by atoms with van der Waals surface area (Å²) in [7, 11) is 0. The predicted octanol–water partition coefficient (Wildman–Crippen LogP) is 2.78. The van der Waals surface area contributed by atoms with Crippen LogP contribution in [0.2, 0.25) is 5.02 Å². The van der Waals surface area contributed by atoms with E-state index in [0.717, 1.165) is 12.8 Å². The van der Waals surface area contributed by atoms with E-state index in [1.165, 1.54) is 6.07 Å². The van der Waals surface area contributed by atoms with Gasteiger partial charge < -0.3 is 10.6 Å². The van der Waals surface area contributed by atoms with Crippen LogP contribution in [0.4, 0.5) is 17.5 Å². The van der Waals surface area contributed by atoms with Gasteiger partial charge in [0.15, 0.2) is 17.8 Å². The predicted molar refractivity (Wildman–Crippen MR) is 92.3 cm³/mol. The number of hydrogen-bond acceptors (Lipinski definition) is 7. The molecule has 0 bridgehead atoms. The average molecular weight is 354 g/mol.